The van der Waals surface area contributed by atoms with Crippen molar-refractivity contribution < 1.29 is 32.3 Å². The van der Waals surface area contributed by atoms with Gasteiger partial charge in [0.15, 0.2) is 5.75 Å². The Morgan fingerprint density at radius 1 is 1.00 bits per heavy atom. The molecule has 0 bridgehead atoms. The van der Waals surface area contributed by atoms with Gasteiger partial charge < -0.3 is 10.1 Å². The van der Waals surface area contributed by atoms with Crippen LogP contribution in [0.1, 0.15) is 28.8 Å². The van der Waals surface area contributed by atoms with Crippen molar-refractivity contribution in [2.75, 3.05) is 5.32 Å². The second-order valence-electron chi connectivity index (χ2n) is 6.07. The summed E-state index contributed by atoms with van der Waals surface area (Å²) in [5, 5.41) is 2.37. The van der Waals surface area contributed by atoms with E-state index in [-0.39, 0.29) is 42.5 Å². The Morgan fingerprint density at radius 2 is 1.61 bits per heavy atom. The number of benzene rings is 2. The quantitative estimate of drug-likeness (QED) is 0.791. The molecule has 0 radical (unpaired) electrons. The highest BCUT2D eigenvalue weighted by molar-refractivity contribution is 6.05. The van der Waals surface area contributed by atoms with Crippen LogP contribution in [0.2, 0.25) is 0 Å². The number of carbonyl (C=O) groups is 3. The minimum atomic E-state index is -4.88. The highest BCUT2D eigenvalue weighted by Gasteiger charge is 2.32. The third kappa shape index (κ3) is 4.67. The zero-order chi connectivity index (χ0) is 20.3. The van der Waals surface area contributed by atoms with Crippen molar-refractivity contribution in [1.29, 1.82) is 0 Å². The molecular formula is C19H15F3N2O4. The molecule has 0 spiro atoms. The second-order valence-corrected chi connectivity index (χ2v) is 6.07. The van der Waals surface area contributed by atoms with Gasteiger partial charge in [0, 0.05) is 18.4 Å². The van der Waals surface area contributed by atoms with E-state index in [4.69, 9.17) is 0 Å². The van der Waals surface area contributed by atoms with Crippen LogP contribution in [0.3, 0.4) is 0 Å². The Kier molecular flexibility index (Phi) is 5.34. The van der Waals surface area contributed by atoms with Crippen LogP contribution in [0.5, 0.6) is 5.75 Å². The lowest BCUT2D eigenvalue weighted by atomic mass is 10.1. The van der Waals surface area contributed by atoms with Gasteiger partial charge in [-0.25, -0.2) is 0 Å². The van der Waals surface area contributed by atoms with Crippen LogP contribution in [-0.4, -0.2) is 29.0 Å². The third-order valence-electron chi connectivity index (χ3n) is 4.07. The molecular weight excluding hydrogens is 377 g/mol. The monoisotopic (exact) mass is 392 g/mol. The summed E-state index contributed by atoms with van der Waals surface area (Å²) in [7, 11) is 0. The Labute approximate surface area is 157 Å². The summed E-state index contributed by atoms with van der Waals surface area (Å²) in [6.07, 6.45) is -4.50. The molecule has 1 aliphatic rings. The summed E-state index contributed by atoms with van der Waals surface area (Å²) in [6, 6.07) is 11.3. The molecule has 2 aromatic carbocycles. The fourth-order valence-electron chi connectivity index (χ4n) is 2.72. The standard InChI is InChI=1S/C19H15F3N2O4/c20-19(21,22)28-15-4-2-1-3-14(15)23-18(27)13-7-5-12(6-8-13)11-24-16(25)9-10-17(24)26/h1-8H,9-11H2,(H,23,27). The van der Waals surface area contributed by atoms with E-state index in [1.54, 1.807) is 12.1 Å². The van der Waals surface area contributed by atoms with Gasteiger partial charge in [0.2, 0.25) is 11.8 Å². The minimum Gasteiger partial charge on any atom is -0.404 e. The van der Waals surface area contributed by atoms with Crippen LogP contribution in [0.25, 0.3) is 0 Å². The van der Waals surface area contributed by atoms with Crippen LogP contribution in [0, 0.1) is 0 Å². The van der Waals surface area contributed by atoms with Gasteiger partial charge >= 0.3 is 6.36 Å². The maximum absolute atomic E-state index is 12.5. The third-order valence-corrected chi connectivity index (χ3v) is 4.07. The van der Waals surface area contributed by atoms with Gasteiger partial charge in [-0.1, -0.05) is 24.3 Å². The first-order valence-corrected chi connectivity index (χ1v) is 8.31. The van der Waals surface area contributed by atoms with Gasteiger partial charge in [-0.15, -0.1) is 13.2 Å². The number of hydrogen-bond donors (Lipinski definition) is 1. The number of rotatable bonds is 5. The molecule has 0 aliphatic carbocycles. The molecule has 28 heavy (non-hydrogen) atoms. The van der Waals surface area contributed by atoms with E-state index in [9.17, 15) is 27.6 Å². The molecule has 1 heterocycles. The first-order valence-electron chi connectivity index (χ1n) is 8.31. The molecule has 6 nitrogen and oxygen atoms in total. The highest BCUT2D eigenvalue weighted by atomic mass is 19.4. The fourth-order valence-corrected chi connectivity index (χ4v) is 2.72. The average molecular weight is 392 g/mol. The molecule has 9 heteroatoms. The molecule has 0 unspecified atom stereocenters. The molecule has 3 amide bonds. The van der Waals surface area contributed by atoms with Gasteiger partial charge in [-0.3, -0.25) is 19.3 Å². The number of anilines is 1. The summed E-state index contributed by atoms with van der Waals surface area (Å²) < 4.78 is 41.3. The number of imide groups is 1. The van der Waals surface area contributed by atoms with Crippen LogP contribution < -0.4 is 10.1 Å². The molecule has 0 atom stereocenters. The molecule has 0 saturated carbocycles. The number of likely N-dealkylation sites (tertiary alicyclic amines) is 1. The predicted octanol–water partition coefficient (Wildman–Crippen LogP) is 3.49. The number of amides is 3. The lowest BCUT2D eigenvalue weighted by Gasteiger charge is -2.15. The number of nitrogens with zero attached hydrogens (tertiary/aromatic N) is 1. The number of ether oxygens (including phenoxy) is 1. The van der Waals surface area contributed by atoms with E-state index in [0.29, 0.717) is 5.56 Å². The first kappa shape index (κ1) is 19.4. The van der Waals surface area contributed by atoms with Gasteiger partial charge in [0.1, 0.15) is 0 Å². The van der Waals surface area contributed by atoms with E-state index < -0.39 is 18.0 Å². The summed E-state index contributed by atoms with van der Waals surface area (Å²) in [5.74, 6) is -1.63. The Morgan fingerprint density at radius 3 is 2.21 bits per heavy atom. The summed E-state index contributed by atoms with van der Waals surface area (Å²) in [5.41, 5.74) is 0.729. The first-order chi connectivity index (χ1) is 13.2. The van der Waals surface area contributed by atoms with E-state index >= 15 is 0 Å². The maximum Gasteiger partial charge on any atom is 0.573 e. The fraction of sp³-hybridized carbons (Fsp3) is 0.211. The van der Waals surface area contributed by atoms with E-state index in [1.807, 2.05) is 0 Å². The van der Waals surface area contributed by atoms with Crippen molar-refractivity contribution in [3.8, 4) is 5.75 Å². The van der Waals surface area contributed by atoms with Gasteiger partial charge in [-0.05, 0) is 29.8 Å². The van der Waals surface area contributed by atoms with Gasteiger partial charge in [0.05, 0.1) is 12.2 Å². The summed E-state index contributed by atoms with van der Waals surface area (Å²) in [6.45, 7) is 0.113. The number of nitrogens with one attached hydrogen (secondary N) is 1. The summed E-state index contributed by atoms with van der Waals surface area (Å²) >= 11 is 0. The van der Waals surface area contributed by atoms with Crippen molar-refractivity contribution >= 4 is 23.4 Å². The summed E-state index contributed by atoms with van der Waals surface area (Å²) in [4.78, 5) is 36.8. The van der Waals surface area contributed by atoms with Crippen molar-refractivity contribution in [2.24, 2.45) is 0 Å². The minimum absolute atomic E-state index is 0.113. The number of para-hydroxylation sites is 2. The van der Waals surface area contributed by atoms with Crippen LogP contribution in [0.4, 0.5) is 18.9 Å². The molecule has 1 fully saturated rings. The molecule has 146 valence electrons. The topological polar surface area (TPSA) is 75.7 Å². The largest absolute Gasteiger partial charge is 0.573 e. The lowest BCUT2D eigenvalue weighted by molar-refractivity contribution is -0.274. The van der Waals surface area contributed by atoms with Crippen molar-refractivity contribution in [3.05, 3.63) is 59.7 Å². The number of hydrogen-bond acceptors (Lipinski definition) is 4. The highest BCUT2D eigenvalue weighted by Crippen LogP contribution is 2.30. The molecule has 3 rings (SSSR count). The average Bonchev–Trinajstić information content (AvgIpc) is 2.95. The van der Waals surface area contributed by atoms with Crippen molar-refractivity contribution in [2.45, 2.75) is 25.7 Å². The normalized spacial score (nSPS) is 14.3. The second kappa shape index (κ2) is 7.71. The van der Waals surface area contributed by atoms with E-state index in [2.05, 4.69) is 10.1 Å². The van der Waals surface area contributed by atoms with Crippen LogP contribution in [-0.2, 0) is 16.1 Å². The SMILES string of the molecule is O=C(Nc1ccccc1OC(F)(F)F)c1ccc(CN2C(=O)CCC2=O)cc1. The number of halogens is 3. The van der Waals surface area contributed by atoms with Crippen molar-refractivity contribution in [1.82, 2.24) is 4.90 Å². The van der Waals surface area contributed by atoms with Gasteiger partial charge in [-0.2, -0.15) is 0 Å². The van der Waals surface area contributed by atoms with Crippen LogP contribution in [0.15, 0.2) is 48.5 Å². The van der Waals surface area contributed by atoms with E-state index in [0.717, 1.165) is 11.0 Å². The molecule has 1 N–H and O–H groups in total. The lowest BCUT2D eigenvalue weighted by Crippen LogP contribution is -2.28. The molecule has 1 saturated heterocycles. The van der Waals surface area contributed by atoms with Crippen LogP contribution >= 0.6 is 0 Å². The number of carbonyl (C=O) groups excluding carboxylic acids is 3. The Balaban J connectivity index is 1.69. The van der Waals surface area contributed by atoms with Crippen molar-refractivity contribution in [3.63, 3.8) is 0 Å². The van der Waals surface area contributed by atoms with E-state index in [1.165, 1.54) is 30.3 Å². The van der Waals surface area contributed by atoms with Gasteiger partial charge in [0.25, 0.3) is 5.91 Å². The molecule has 0 aromatic heterocycles. The smallest absolute Gasteiger partial charge is 0.404 e. The Hall–Kier alpha value is -3.36. The maximum atomic E-state index is 12.5. The zero-order valence-corrected chi connectivity index (χ0v) is 14.5. The molecule has 1 aliphatic heterocycles. The zero-order valence-electron chi connectivity index (χ0n) is 14.5. The number of alkyl halides is 3. The predicted molar refractivity (Wildman–Crippen MR) is 92.3 cm³/mol. The Bertz CT molecular complexity index is 894. The molecule has 2 aromatic rings.